The molecule has 1 aromatic rings. The summed E-state index contributed by atoms with van der Waals surface area (Å²) < 4.78 is 20.9. The van der Waals surface area contributed by atoms with Crippen LogP contribution in [0.25, 0.3) is 0 Å². The lowest BCUT2D eigenvalue weighted by molar-refractivity contribution is 0.414. The van der Waals surface area contributed by atoms with E-state index in [1.807, 2.05) is 18.2 Å². The fourth-order valence-electron chi connectivity index (χ4n) is 1.26. The Morgan fingerprint density at radius 2 is 2.06 bits per heavy atom. The molecule has 4 nitrogen and oxygen atoms in total. The molecule has 0 aromatic heterocycles. The lowest BCUT2D eigenvalue weighted by atomic mass is 10.2. The maximum Gasteiger partial charge on any atom is 0.119 e. The van der Waals surface area contributed by atoms with Crippen molar-refractivity contribution in [1.29, 1.82) is 5.26 Å². The molecule has 0 saturated carbocycles. The molecule has 86 valence electrons. The van der Waals surface area contributed by atoms with Gasteiger partial charge in [0.05, 0.1) is 28.7 Å². The number of nitriles is 1. The largest absolute Gasteiger partial charge is 0.497 e. The van der Waals surface area contributed by atoms with Crippen LogP contribution in [-0.4, -0.2) is 24.1 Å². The molecule has 0 fully saturated rings. The van der Waals surface area contributed by atoms with Crippen molar-refractivity contribution >= 4 is 9.73 Å². The molecule has 0 aliphatic carbocycles. The number of rotatable bonds is 4. The predicted octanol–water partition coefficient (Wildman–Crippen LogP) is 1.82. The monoisotopic (exact) mass is 238 g/mol. The van der Waals surface area contributed by atoms with Crippen molar-refractivity contribution in [3.8, 4) is 11.8 Å². The van der Waals surface area contributed by atoms with Gasteiger partial charge in [-0.15, -0.1) is 0 Å². The lowest BCUT2D eigenvalue weighted by Crippen LogP contribution is -2.07. The Bertz CT molecular complexity index is 494. The first kappa shape index (κ1) is 12.5. The van der Waals surface area contributed by atoms with Gasteiger partial charge < -0.3 is 4.74 Å². The second-order valence-electron chi connectivity index (χ2n) is 3.25. The highest BCUT2D eigenvalue weighted by atomic mass is 32.2. The van der Waals surface area contributed by atoms with E-state index in [0.29, 0.717) is 5.75 Å². The Labute approximate surface area is 96.0 Å². The molecular formula is C11H14N2O2S. The van der Waals surface area contributed by atoms with Gasteiger partial charge in [-0.05, 0) is 17.7 Å². The fraction of sp³-hybridized carbons (Fsp3) is 0.364. The Balaban J connectivity index is 2.88. The molecule has 0 amide bonds. The molecule has 0 bridgehead atoms. The number of ether oxygens (including phenoxy) is 1. The molecule has 5 heteroatoms. The lowest BCUT2D eigenvalue weighted by Gasteiger charge is -2.06. The molecule has 0 spiro atoms. The standard InChI is InChI=1S/C11H14N2O2S/c1-13-16(14,8-7-12)9-10-3-5-11(15-2)6-4-10/h3-6H,8-9H2,1-2H3. The molecule has 0 aliphatic heterocycles. The van der Waals surface area contributed by atoms with E-state index in [9.17, 15) is 4.21 Å². The number of methoxy groups -OCH3 is 1. The molecule has 1 rings (SSSR count). The number of hydrogen-bond donors (Lipinski definition) is 0. The third-order valence-electron chi connectivity index (χ3n) is 2.17. The zero-order valence-corrected chi connectivity index (χ0v) is 10.2. The summed E-state index contributed by atoms with van der Waals surface area (Å²) in [7, 11) is 0.655. The van der Waals surface area contributed by atoms with Crippen molar-refractivity contribution in [2.75, 3.05) is 19.9 Å². The van der Waals surface area contributed by atoms with E-state index in [-0.39, 0.29) is 5.75 Å². The van der Waals surface area contributed by atoms with Crippen LogP contribution in [0.2, 0.25) is 0 Å². The van der Waals surface area contributed by atoms with E-state index < -0.39 is 9.73 Å². The van der Waals surface area contributed by atoms with Crippen molar-refractivity contribution < 1.29 is 8.95 Å². The highest BCUT2D eigenvalue weighted by Crippen LogP contribution is 2.14. The quantitative estimate of drug-likeness (QED) is 0.803. The van der Waals surface area contributed by atoms with Gasteiger partial charge in [-0.3, -0.25) is 0 Å². The molecule has 0 aliphatic rings. The fourth-order valence-corrected chi connectivity index (χ4v) is 2.54. The van der Waals surface area contributed by atoms with Gasteiger partial charge in [0, 0.05) is 7.05 Å². The predicted molar refractivity (Wildman–Crippen MR) is 63.7 cm³/mol. The van der Waals surface area contributed by atoms with Crippen LogP contribution in [0.4, 0.5) is 0 Å². The van der Waals surface area contributed by atoms with E-state index in [2.05, 4.69) is 4.36 Å². The van der Waals surface area contributed by atoms with Gasteiger partial charge in [-0.1, -0.05) is 12.1 Å². The van der Waals surface area contributed by atoms with Crippen molar-refractivity contribution in [2.45, 2.75) is 5.75 Å². The minimum absolute atomic E-state index is 0.0322. The molecule has 1 aromatic carbocycles. The van der Waals surface area contributed by atoms with E-state index >= 15 is 0 Å². The van der Waals surface area contributed by atoms with Crippen molar-refractivity contribution in [2.24, 2.45) is 4.36 Å². The third kappa shape index (κ3) is 3.24. The van der Waals surface area contributed by atoms with Crippen molar-refractivity contribution in [1.82, 2.24) is 0 Å². The maximum absolute atomic E-state index is 12.1. The zero-order valence-electron chi connectivity index (χ0n) is 9.34. The van der Waals surface area contributed by atoms with E-state index in [1.165, 1.54) is 7.05 Å². The van der Waals surface area contributed by atoms with Gasteiger partial charge in [0.2, 0.25) is 0 Å². The molecule has 16 heavy (non-hydrogen) atoms. The van der Waals surface area contributed by atoms with Crippen LogP contribution in [0.1, 0.15) is 5.56 Å². The molecule has 1 unspecified atom stereocenters. The van der Waals surface area contributed by atoms with Crippen LogP contribution < -0.4 is 4.74 Å². The Kier molecular flexibility index (Phi) is 4.32. The number of hydrogen-bond acceptors (Lipinski definition) is 4. The van der Waals surface area contributed by atoms with Gasteiger partial charge in [-0.25, -0.2) is 8.57 Å². The van der Waals surface area contributed by atoms with E-state index in [4.69, 9.17) is 10.00 Å². The van der Waals surface area contributed by atoms with E-state index in [1.54, 1.807) is 19.2 Å². The number of nitrogens with zero attached hydrogens (tertiary/aromatic N) is 2. The molecule has 1 atom stereocenters. The minimum atomic E-state index is -2.43. The summed E-state index contributed by atoms with van der Waals surface area (Å²) in [6.45, 7) is 0. The van der Waals surface area contributed by atoms with Crippen LogP contribution in [0.3, 0.4) is 0 Å². The highest BCUT2D eigenvalue weighted by Gasteiger charge is 2.08. The van der Waals surface area contributed by atoms with Gasteiger partial charge in [0.1, 0.15) is 11.5 Å². The van der Waals surface area contributed by atoms with Crippen molar-refractivity contribution in [3.05, 3.63) is 29.8 Å². The average molecular weight is 238 g/mol. The first-order valence-corrected chi connectivity index (χ1v) is 6.59. The van der Waals surface area contributed by atoms with Gasteiger partial charge in [0.25, 0.3) is 0 Å². The molecule has 0 saturated heterocycles. The summed E-state index contributed by atoms with van der Waals surface area (Å²) in [4.78, 5) is 0. The number of benzene rings is 1. The first-order valence-electron chi connectivity index (χ1n) is 4.74. The Morgan fingerprint density at radius 3 is 2.50 bits per heavy atom. The van der Waals surface area contributed by atoms with Crippen LogP contribution in [0.5, 0.6) is 5.75 Å². The summed E-state index contributed by atoms with van der Waals surface area (Å²) in [6.07, 6.45) is 0. The van der Waals surface area contributed by atoms with Crippen LogP contribution in [0.15, 0.2) is 28.6 Å². The SMILES string of the molecule is CN=S(=O)(CC#N)Cc1ccc(OC)cc1. The van der Waals surface area contributed by atoms with Crippen LogP contribution in [0, 0.1) is 11.3 Å². The Hall–Kier alpha value is -1.54. The third-order valence-corrected chi connectivity index (χ3v) is 4.20. The van der Waals surface area contributed by atoms with Crippen LogP contribution in [-0.2, 0) is 15.5 Å². The van der Waals surface area contributed by atoms with Gasteiger partial charge >= 0.3 is 0 Å². The summed E-state index contributed by atoms with van der Waals surface area (Å²) in [6, 6.07) is 9.18. The van der Waals surface area contributed by atoms with Crippen molar-refractivity contribution in [3.63, 3.8) is 0 Å². The summed E-state index contributed by atoms with van der Waals surface area (Å²) >= 11 is 0. The molecule has 0 heterocycles. The smallest absolute Gasteiger partial charge is 0.119 e. The van der Waals surface area contributed by atoms with Gasteiger partial charge in [0.15, 0.2) is 0 Å². The summed E-state index contributed by atoms with van der Waals surface area (Å²) in [5.74, 6) is 1.03. The van der Waals surface area contributed by atoms with E-state index in [0.717, 1.165) is 11.3 Å². The zero-order chi connectivity index (χ0) is 12.0. The topological polar surface area (TPSA) is 62.5 Å². The maximum atomic E-state index is 12.1. The molecule has 0 N–H and O–H groups in total. The summed E-state index contributed by atoms with van der Waals surface area (Å²) in [5, 5.41) is 8.58. The average Bonchev–Trinajstić information content (AvgIpc) is 2.30. The molecule has 0 radical (unpaired) electrons. The first-order chi connectivity index (χ1) is 7.63. The summed E-state index contributed by atoms with van der Waals surface area (Å²) in [5.41, 5.74) is 0.895. The van der Waals surface area contributed by atoms with Crippen LogP contribution >= 0.6 is 0 Å². The highest BCUT2D eigenvalue weighted by molar-refractivity contribution is 7.93. The molecular weight excluding hydrogens is 224 g/mol. The Morgan fingerprint density at radius 1 is 1.44 bits per heavy atom. The minimum Gasteiger partial charge on any atom is -0.497 e. The second kappa shape index (κ2) is 5.52. The second-order valence-corrected chi connectivity index (χ2v) is 5.74. The van der Waals surface area contributed by atoms with Gasteiger partial charge in [-0.2, -0.15) is 5.26 Å². The normalized spacial score (nSPS) is 13.6.